The molecule has 0 aliphatic carbocycles. The van der Waals surface area contributed by atoms with Crippen molar-refractivity contribution in [3.05, 3.63) is 29.8 Å². The van der Waals surface area contributed by atoms with Crippen LogP contribution in [0.4, 0.5) is 0 Å². The van der Waals surface area contributed by atoms with Gasteiger partial charge in [0.15, 0.2) is 11.5 Å². The van der Waals surface area contributed by atoms with Crippen LogP contribution in [0.1, 0.15) is 5.56 Å². The maximum absolute atomic E-state index is 12.0. The highest BCUT2D eigenvalue weighted by atomic mass is 32.2. The van der Waals surface area contributed by atoms with Crippen molar-refractivity contribution in [1.29, 1.82) is 0 Å². The van der Waals surface area contributed by atoms with Gasteiger partial charge in [-0.15, -0.1) is 11.8 Å². The summed E-state index contributed by atoms with van der Waals surface area (Å²) in [6.45, 7) is -0.0982. The third kappa shape index (κ3) is 4.76. The Hall–Kier alpha value is -2.48. The first kappa shape index (κ1) is 17.9. The zero-order chi connectivity index (χ0) is 17.5. The zero-order valence-corrected chi connectivity index (χ0v) is 14.1. The number of amides is 1. The van der Waals surface area contributed by atoms with Gasteiger partial charge in [0.2, 0.25) is 5.91 Å². The van der Waals surface area contributed by atoms with Crippen molar-refractivity contribution in [2.45, 2.75) is 0 Å². The molecule has 0 unspecified atom stereocenters. The molecule has 0 atom stereocenters. The molecule has 0 radical (unpaired) electrons. The number of benzene rings is 1. The SMILES string of the molecule is COC(=O)/C=C\c1ccc(OC(=O)CN2CSCC2=O)c(OC)c1. The lowest BCUT2D eigenvalue weighted by Crippen LogP contribution is -2.33. The first-order valence-electron chi connectivity index (χ1n) is 7.03. The highest BCUT2D eigenvalue weighted by molar-refractivity contribution is 8.00. The molecule has 1 saturated heterocycles. The normalized spacial score (nSPS) is 14.1. The van der Waals surface area contributed by atoms with Crippen LogP contribution in [0, 0.1) is 0 Å². The number of hydrogen-bond acceptors (Lipinski definition) is 7. The fourth-order valence-electron chi connectivity index (χ4n) is 1.96. The molecule has 128 valence electrons. The molecule has 7 nitrogen and oxygen atoms in total. The predicted octanol–water partition coefficient (Wildman–Crippen LogP) is 1.32. The average Bonchev–Trinajstić information content (AvgIpc) is 2.98. The van der Waals surface area contributed by atoms with Crippen molar-refractivity contribution >= 4 is 35.7 Å². The van der Waals surface area contributed by atoms with Gasteiger partial charge < -0.3 is 19.1 Å². The van der Waals surface area contributed by atoms with Crippen molar-refractivity contribution in [3.8, 4) is 11.5 Å². The molecule has 1 aliphatic rings. The highest BCUT2D eigenvalue weighted by Gasteiger charge is 2.24. The maximum atomic E-state index is 12.0. The topological polar surface area (TPSA) is 82.1 Å². The van der Waals surface area contributed by atoms with E-state index < -0.39 is 11.9 Å². The summed E-state index contributed by atoms with van der Waals surface area (Å²) in [6.07, 6.45) is 2.83. The van der Waals surface area contributed by atoms with E-state index in [1.165, 1.54) is 37.0 Å². The molecule has 2 rings (SSSR count). The van der Waals surface area contributed by atoms with Crippen LogP contribution in [0.15, 0.2) is 24.3 Å². The molecule has 1 aromatic rings. The van der Waals surface area contributed by atoms with Gasteiger partial charge in [-0.1, -0.05) is 6.07 Å². The summed E-state index contributed by atoms with van der Waals surface area (Å²) in [5, 5.41) is 0. The van der Waals surface area contributed by atoms with Crippen LogP contribution in [0.25, 0.3) is 6.08 Å². The summed E-state index contributed by atoms with van der Waals surface area (Å²) in [5.74, 6) is 0.376. The van der Waals surface area contributed by atoms with Gasteiger partial charge >= 0.3 is 11.9 Å². The van der Waals surface area contributed by atoms with E-state index in [-0.39, 0.29) is 18.2 Å². The minimum atomic E-state index is -0.540. The molecule has 1 aromatic carbocycles. The van der Waals surface area contributed by atoms with Crippen LogP contribution in [-0.4, -0.2) is 55.1 Å². The van der Waals surface area contributed by atoms with E-state index in [9.17, 15) is 14.4 Å². The maximum Gasteiger partial charge on any atom is 0.331 e. The predicted molar refractivity (Wildman–Crippen MR) is 88.7 cm³/mol. The quantitative estimate of drug-likeness (QED) is 0.434. The number of rotatable bonds is 6. The standard InChI is InChI=1S/C16H17NO6S/c1-21-13-7-11(4-6-15(19)22-2)3-5-12(13)23-16(20)8-17-10-24-9-14(17)18/h3-7H,8-10H2,1-2H3/b6-4-. The summed E-state index contributed by atoms with van der Waals surface area (Å²) in [6, 6.07) is 4.86. The third-order valence-electron chi connectivity index (χ3n) is 3.17. The summed E-state index contributed by atoms with van der Waals surface area (Å²) < 4.78 is 15.0. The number of hydrogen-bond donors (Lipinski definition) is 0. The fraction of sp³-hybridized carbons (Fsp3) is 0.312. The van der Waals surface area contributed by atoms with Crippen LogP contribution in [0.5, 0.6) is 11.5 Å². The van der Waals surface area contributed by atoms with E-state index >= 15 is 0 Å². The Morgan fingerprint density at radius 2 is 2.08 bits per heavy atom. The van der Waals surface area contributed by atoms with Gasteiger partial charge in [0.05, 0.1) is 25.8 Å². The number of esters is 2. The lowest BCUT2D eigenvalue weighted by molar-refractivity contribution is -0.140. The molecule has 0 saturated carbocycles. The van der Waals surface area contributed by atoms with E-state index in [0.717, 1.165) is 0 Å². The molecule has 0 aromatic heterocycles. The average molecular weight is 351 g/mol. The molecular formula is C16H17NO6S. The largest absolute Gasteiger partial charge is 0.493 e. The van der Waals surface area contributed by atoms with Crippen molar-refractivity contribution in [1.82, 2.24) is 4.90 Å². The molecule has 24 heavy (non-hydrogen) atoms. The van der Waals surface area contributed by atoms with E-state index in [2.05, 4.69) is 4.74 Å². The Labute approximate surface area is 143 Å². The molecular weight excluding hydrogens is 334 g/mol. The van der Waals surface area contributed by atoms with Crippen molar-refractivity contribution < 1.29 is 28.6 Å². The van der Waals surface area contributed by atoms with Gasteiger partial charge in [-0.25, -0.2) is 9.59 Å². The second-order valence-electron chi connectivity index (χ2n) is 4.81. The van der Waals surface area contributed by atoms with Crippen molar-refractivity contribution in [2.24, 2.45) is 0 Å². The second-order valence-corrected chi connectivity index (χ2v) is 5.77. The molecule has 0 N–H and O–H groups in total. The summed E-state index contributed by atoms with van der Waals surface area (Å²) in [4.78, 5) is 36.0. The number of thioether (sulfide) groups is 1. The van der Waals surface area contributed by atoms with Gasteiger partial charge in [0.25, 0.3) is 0 Å². The fourth-order valence-corrected chi connectivity index (χ4v) is 2.86. The highest BCUT2D eigenvalue weighted by Crippen LogP contribution is 2.29. The number of carbonyl (C=O) groups is 3. The van der Waals surface area contributed by atoms with Gasteiger partial charge in [-0.2, -0.15) is 0 Å². The molecule has 1 heterocycles. The number of carbonyl (C=O) groups excluding carboxylic acids is 3. The molecule has 1 aliphatic heterocycles. The Bertz CT molecular complexity index is 673. The summed E-state index contributed by atoms with van der Waals surface area (Å²) in [7, 11) is 2.74. The summed E-state index contributed by atoms with van der Waals surface area (Å²) in [5.41, 5.74) is 0.683. The van der Waals surface area contributed by atoms with E-state index in [1.54, 1.807) is 24.3 Å². The van der Waals surface area contributed by atoms with Crippen LogP contribution in [0.3, 0.4) is 0 Å². The van der Waals surface area contributed by atoms with E-state index in [1.807, 2.05) is 0 Å². The van der Waals surface area contributed by atoms with Crippen molar-refractivity contribution in [3.63, 3.8) is 0 Å². The van der Waals surface area contributed by atoms with Crippen LogP contribution >= 0.6 is 11.8 Å². The Morgan fingerprint density at radius 1 is 1.29 bits per heavy atom. The minimum Gasteiger partial charge on any atom is -0.493 e. The zero-order valence-electron chi connectivity index (χ0n) is 13.3. The van der Waals surface area contributed by atoms with Gasteiger partial charge in [-0.3, -0.25) is 4.79 Å². The molecule has 1 amide bonds. The van der Waals surface area contributed by atoms with Gasteiger partial charge in [0, 0.05) is 6.08 Å². The van der Waals surface area contributed by atoms with Crippen LogP contribution in [-0.2, 0) is 19.1 Å². The molecule has 8 heteroatoms. The Morgan fingerprint density at radius 3 is 2.71 bits per heavy atom. The van der Waals surface area contributed by atoms with Crippen LogP contribution in [0.2, 0.25) is 0 Å². The van der Waals surface area contributed by atoms with Crippen molar-refractivity contribution in [2.75, 3.05) is 32.4 Å². The Balaban J connectivity index is 2.04. The monoisotopic (exact) mass is 351 g/mol. The lowest BCUT2D eigenvalue weighted by atomic mass is 10.2. The number of nitrogens with zero attached hydrogens (tertiary/aromatic N) is 1. The van der Waals surface area contributed by atoms with Gasteiger partial charge in [0.1, 0.15) is 6.54 Å². The second kappa shape index (κ2) is 8.39. The van der Waals surface area contributed by atoms with E-state index in [0.29, 0.717) is 22.9 Å². The van der Waals surface area contributed by atoms with E-state index in [4.69, 9.17) is 9.47 Å². The summed E-state index contributed by atoms with van der Waals surface area (Å²) >= 11 is 1.46. The first-order valence-corrected chi connectivity index (χ1v) is 8.19. The molecule has 0 spiro atoms. The first-order chi connectivity index (χ1) is 11.5. The third-order valence-corrected chi connectivity index (χ3v) is 4.12. The number of ether oxygens (including phenoxy) is 3. The molecule has 0 bridgehead atoms. The molecule has 1 fully saturated rings. The van der Waals surface area contributed by atoms with Gasteiger partial charge in [-0.05, 0) is 23.8 Å². The Kier molecular flexibility index (Phi) is 6.25. The smallest absolute Gasteiger partial charge is 0.331 e. The minimum absolute atomic E-state index is 0.0767. The number of methoxy groups -OCH3 is 2. The van der Waals surface area contributed by atoms with Crippen LogP contribution < -0.4 is 9.47 Å². The lowest BCUT2D eigenvalue weighted by Gasteiger charge is -2.14.